The van der Waals surface area contributed by atoms with Crippen LogP contribution in [0.5, 0.6) is 0 Å². The number of aryl methyl sites for hydroxylation is 2. The fraction of sp³-hybridized carbons (Fsp3) is 0.267. The fourth-order valence-electron chi connectivity index (χ4n) is 2.50. The quantitative estimate of drug-likeness (QED) is 0.797. The molecule has 98 valence electrons. The Balaban J connectivity index is 1.97. The molecule has 19 heavy (non-hydrogen) atoms. The van der Waals surface area contributed by atoms with Crippen molar-refractivity contribution in [3.63, 3.8) is 0 Å². The zero-order valence-electron chi connectivity index (χ0n) is 10.6. The maximum Gasteiger partial charge on any atom is 0.294 e. The topological polar surface area (TPSA) is 33.5 Å². The minimum absolute atomic E-state index is 0.0736. The number of rotatable bonds is 1. The number of amides is 1. The van der Waals surface area contributed by atoms with E-state index < -0.39 is 0 Å². The molecule has 0 N–H and O–H groups in total. The lowest BCUT2D eigenvalue weighted by Gasteiger charge is -2.29. The van der Waals surface area contributed by atoms with E-state index >= 15 is 0 Å². The summed E-state index contributed by atoms with van der Waals surface area (Å²) in [5.41, 5.74) is 3.48. The van der Waals surface area contributed by atoms with Crippen LogP contribution in [0.3, 0.4) is 0 Å². The summed E-state index contributed by atoms with van der Waals surface area (Å²) in [6.45, 7) is 2.82. The normalized spacial score (nSPS) is 14.3. The van der Waals surface area contributed by atoms with Crippen LogP contribution >= 0.6 is 15.9 Å². The van der Waals surface area contributed by atoms with Crippen LogP contribution in [0.2, 0.25) is 0 Å². The van der Waals surface area contributed by atoms with Gasteiger partial charge in [-0.1, -0.05) is 17.7 Å². The molecule has 1 amide bonds. The van der Waals surface area contributed by atoms with E-state index in [9.17, 15) is 4.79 Å². The standard InChI is InChI=1S/C15H14BrNO2/c1-10-4-5-12-11(9-10)3-2-8-17(12)15(18)13-6-7-14(16)19-13/h4-7,9H,2-3,8H2,1H3. The molecule has 1 aromatic heterocycles. The second-order valence-electron chi connectivity index (χ2n) is 4.80. The molecular formula is C15H14BrNO2. The molecule has 0 saturated carbocycles. The van der Waals surface area contributed by atoms with Gasteiger partial charge in [0.15, 0.2) is 10.4 Å². The Morgan fingerprint density at radius 1 is 1.32 bits per heavy atom. The summed E-state index contributed by atoms with van der Waals surface area (Å²) in [6.07, 6.45) is 2.02. The number of furan rings is 1. The van der Waals surface area contributed by atoms with Gasteiger partial charge in [0.25, 0.3) is 5.91 Å². The Labute approximate surface area is 120 Å². The first-order valence-corrected chi connectivity index (χ1v) is 7.11. The molecule has 0 unspecified atom stereocenters. The molecule has 1 aromatic carbocycles. The van der Waals surface area contributed by atoms with Crippen molar-refractivity contribution in [2.75, 3.05) is 11.4 Å². The number of carbonyl (C=O) groups excluding carboxylic acids is 1. The average Bonchev–Trinajstić information content (AvgIpc) is 2.83. The summed E-state index contributed by atoms with van der Waals surface area (Å²) < 4.78 is 5.94. The largest absolute Gasteiger partial charge is 0.444 e. The first-order chi connectivity index (χ1) is 9.15. The highest BCUT2D eigenvalue weighted by molar-refractivity contribution is 9.10. The van der Waals surface area contributed by atoms with Crippen molar-refractivity contribution >= 4 is 27.5 Å². The van der Waals surface area contributed by atoms with Gasteiger partial charge in [-0.3, -0.25) is 4.79 Å². The number of benzene rings is 1. The van der Waals surface area contributed by atoms with E-state index in [2.05, 4.69) is 28.9 Å². The van der Waals surface area contributed by atoms with Gasteiger partial charge in [0.2, 0.25) is 0 Å². The molecule has 1 aliphatic rings. The zero-order chi connectivity index (χ0) is 13.4. The highest BCUT2D eigenvalue weighted by Gasteiger charge is 2.25. The third-order valence-corrected chi connectivity index (χ3v) is 3.81. The smallest absolute Gasteiger partial charge is 0.294 e. The van der Waals surface area contributed by atoms with E-state index in [-0.39, 0.29) is 5.91 Å². The summed E-state index contributed by atoms with van der Waals surface area (Å²) in [6, 6.07) is 9.68. The average molecular weight is 320 g/mol. The predicted molar refractivity (Wildman–Crippen MR) is 77.6 cm³/mol. The Hall–Kier alpha value is -1.55. The molecule has 0 atom stereocenters. The molecule has 0 bridgehead atoms. The Kier molecular flexibility index (Phi) is 3.19. The molecule has 3 rings (SSSR count). The first kappa shape index (κ1) is 12.5. The van der Waals surface area contributed by atoms with Crippen LogP contribution in [0.1, 0.15) is 28.1 Å². The summed E-state index contributed by atoms with van der Waals surface area (Å²) in [4.78, 5) is 14.3. The van der Waals surface area contributed by atoms with Crippen LogP contribution in [0.25, 0.3) is 0 Å². The molecule has 0 aliphatic carbocycles. The van der Waals surface area contributed by atoms with Gasteiger partial charge < -0.3 is 9.32 Å². The Morgan fingerprint density at radius 2 is 2.16 bits per heavy atom. The van der Waals surface area contributed by atoms with Crippen molar-refractivity contribution in [1.29, 1.82) is 0 Å². The minimum atomic E-state index is -0.0736. The molecule has 1 aliphatic heterocycles. The van der Waals surface area contributed by atoms with Crippen LogP contribution in [0.4, 0.5) is 5.69 Å². The van der Waals surface area contributed by atoms with Gasteiger partial charge >= 0.3 is 0 Å². The van der Waals surface area contributed by atoms with Crippen molar-refractivity contribution in [2.45, 2.75) is 19.8 Å². The minimum Gasteiger partial charge on any atom is -0.444 e. The van der Waals surface area contributed by atoms with E-state index in [4.69, 9.17) is 4.42 Å². The van der Waals surface area contributed by atoms with E-state index in [0.717, 1.165) is 25.1 Å². The molecule has 2 aromatic rings. The summed E-state index contributed by atoms with van der Waals surface area (Å²) in [7, 11) is 0. The first-order valence-electron chi connectivity index (χ1n) is 6.32. The molecule has 0 fully saturated rings. The van der Waals surface area contributed by atoms with Crippen molar-refractivity contribution in [3.8, 4) is 0 Å². The monoisotopic (exact) mass is 319 g/mol. The number of hydrogen-bond donors (Lipinski definition) is 0. The Morgan fingerprint density at radius 3 is 2.89 bits per heavy atom. The maximum absolute atomic E-state index is 12.5. The van der Waals surface area contributed by atoms with E-state index in [1.807, 2.05) is 17.0 Å². The van der Waals surface area contributed by atoms with Crippen LogP contribution < -0.4 is 4.90 Å². The van der Waals surface area contributed by atoms with Crippen LogP contribution in [-0.2, 0) is 6.42 Å². The highest BCUT2D eigenvalue weighted by Crippen LogP contribution is 2.29. The van der Waals surface area contributed by atoms with E-state index in [1.165, 1.54) is 11.1 Å². The zero-order valence-corrected chi connectivity index (χ0v) is 12.2. The third-order valence-electron chi connectivity index (χ3n) is 3.38. The van der Waals surface area contributed by atoms with E-state index in [1.54, 1.807) is 12.1 Å². The summed E-state index contributed by atoms with van der Waals surface area (Å²) >= 11 is 3.23. The predicted octanol–water partition coefficient (Wildman–Crippen LogP) is 3.94. The lowest BCUT2D eigenvalue weighted by molar-refractivity contribution is 0.0957. The number of halogens is 1. The number of hydrogen-bond acceptors (Lipinski definition) is 2. The number of nitrogens with zero attached hydrogens (tertiary/aromatic N) is 1. The van der Waals surface area contributed by atoms with E-state index in [0.29, 0.717) is 10.4 Å². The van der Waals surface area contributed by atoms with Crippen molar-refractivity contribution < 1.29 is 9.21 Å². The summed E-state index contributed by atoms with van der Waals surface area (Å²) in [5.74, 6) is 0.302. The Bertz CT molecular complexity index is 633. The SMILES string of the molecule is Cc1ccc2c(c1)CCCN2C(=O)c1ccc(Br)o1. The molecule has 3 nitrogen and oxygen atoms in total. The van der Waals surface area contributed by atoms with Crippen LogP contribution in [-0.4, -0.2) is 12.5 Å². The van der Waals surface area contributed by atoms with Gasteiger partial charge in [-0.15, -0.1) is 0 Å². The van der Waals surface area contributed by atoms with Gasteiger partial charge in [-0.2, -0.15) is 0 Å². The van der Waals surface area contributed by atoms with Gasteiger partial charge in [0, 0.05) is 12.2 Å². The number of fused-ring (bicyclic) bond motifs is 1. The van der Waals surface area contributed by atoms with Gasteiger partial charge in [0.05, 0.1) is 0 Å². The van der Waals surface area contributed by atoms with Crippen LogP contribution in [0, 0.1) is 6.92 Å². The van der Waals surface area contributed by atoms with Crippen LogP contribution in [0.15, 0.2) is 39.4 Å². The molecule has 4 heteroatoms. The molecule has 2 heterocycles. The number of anilines is 1. The maximum atomic E-state index is 12.5. The molecular weight excluding hydrogens is 306 g/mol. The third kappa shape index (κ3) is 2.32. The molecule has 0 saturated heterocycles. The second kappa shape index (κ2) is 4.85. The number of carbonyl (C=O) groups is 1. The fourth-order valence-corrected chi connectivity index (χ4v) is 2.81. The lowest BCUT2D eigenvalue weighted by atomic mass is 9.99. The van der Waals surface area contributed by atoms with Crippen molar-refractivity contribution in [2.24, 2.45) is 0 Å². The molecule has 0 spiro atoms. The summed E-state index contributed by atoms with van der Waals surface area (Å²) in [5, 5.41) is 0. The highest BCUT2D eigenvalue weighted by atomic mass is 79.9. The lowest BCUT2D eigenvalue weighted by Crippen LogP contribution is -2.35. The van der Waals surface area contributed by atoms with Gasteiger partial charge in [0.1, 0.15) is 0 Å². The van der Waals surface area contributed by atoms with Crippen molar-refractivity contribution in [1.82, 2.24) is 0 Å². The van der Waals surface area contributed by atoms with Crippen molar-refractivity contribution in [3.05, 3.63) is 51.9 Å². The van der Waals surface area contributed by atoms with Gasteiger partial charge in [-0.05, 0) is 59.5 Å². The second-order valence-corrected chi connectivity index (χ2v) is 5.58. The molecule has 0 radical (unpaired) electrons. The van der Waals surface area contributed by atoms with Gasteiger partial charge in [-0.25, -0.2) is 0 Å².